The Bertz CT molecular complexity index is 623. The summed E-state index contributed by atoms with van der Waals surface area (Å²) in [6.07, 6.45) is 0.955. The van der Waals surface area contributed by atoms with E-state index in [4.69, 9.17) is 16.3 Å². The van der Waals surface area contributed by atoms with Gasteiger partial charge in [-0.1, -0.05) is 24.6 Å². The molecule has 1 N–H and O–H groups in total. The van der Waals surface area contributed by atoms with Crippen LogP contribution in [0.15, 0.2) is 42.5 Å². The molecule has 1 amide bonds. The smallest absolute Gasteiger partial charge is 0.255 e. The molecular weight excluding hydrogens is 286 g/mol. The molecule has 0 bridgehead atoms. The van der Waals surface area contributed by atoms with Gasteiger partial charge in [0.2, 0.25) is 0 Å². The van der Waals surface area contributed by atoms with Gasteiger partial charge in [0.25, 0.3) is 5.91 Å². The van der Waals surface area contributed by atoms with Crippen molar-refractivity contribution in [2.75, 3.05) is 11.9 Å². The lowest BCUT2D eigenvalue weighted by molar-refractivity contribution is 0.102. The molecule has 21 heavy (non-hydrogen) atoms. The number of carbonyl (C=O) groups excluding carboxylic acids is 1. The van der Waals surface area contributed by atoms with Gasteiger partial charge >= 0.3 is 0 Å². The second-order valence-corrected chi connectivity index (χ2v) is 5.22. The van der Waals surface area contributed by atoms with E-state index in [-0.39, 0.29) is 5.91 Å². The molecule has 0 radical (unpaired) electrons. The van der Waals surface area contributed by atoms with Gasteiger partial charge in [0.15, 0.2) is 0 Å². The van der Waals surface area contributed by atoms with Crippen LogP contribution in [-0.2, 0) is 0 Å². The van der Waals surface area contributed by atoms with Gasteiger partial charge in [-0.2, -0.15) is 0 Å². The fourth-order valence-electron chi connectivity index (χ4n) is 1.85. The standard InChI is InChI=1S/C17H18ClNO2/c1-3-10-21-15-8-5-13(6-9-15)17(20)19-16-11-14(18)7-4-12(16)2/h4-9,11H,3,10H2,1-2H3,(H,19,20). The van der Waals surface area contributed by atoms with Crippen LogP contribution in [0.5, 0.6) is 5.75 Å². The quantitative estimate of drug-likeness (QED) is 0.870. The Morgan fingerprint density at radius 2 is 1.90 bits per heavy atom. The monoisotopic (exact) mass is 303 g/mol. The van der Waals surface area contributed by atoms with E-state index < -0.39 is 0 Å². The van der Waals surface area contributed by atoms with Crippen molar-refractivity contribution in [1.82, 2.24) is 0 Å². The molecule has 110 valence electrons. The van der Waals surface area contributed by atoms with Crippen LogP contribution in [0.1, 0.15) is 29.3 Å². The van der Waals surface area contributed by atoms with E-state index in [0.717, 1.165) is 23.4 Å². The van der Waals surface area contributed by atoms with Crippen LogP contribution in [0.25, 0.3) is 0 Å². The Morgan fingerprint density at radius 1 is 1.19 bits per heavy atom. The SMILES string of the molecule is CCCOc1ccc(C(=O)Nc2cc(Cl)ccc2C)cc1. The van der Waals surface area contributed by atoms with Gasteiger partial charge in [-0.25, -0.2) is 0 Å². The summed E-state index contributed by atoms with van der Waals surface area (Å²) in [5.41, 5.74) is 2.27. The number of benzene rings is 2. The Balaban J connectivity index is 2.07. The summed E-state index contributed by atoms with van der Waals surface area (Å²) < 4.78 is 5.49. The van der Waals surface area contributed by atoms with E-state index in [0.29, 0.717) is 17.2 Å². The molecular formula is C17H18ClNO2. The molecule has 0 aromatic heterocycles. The third-order valence-electron chi connectivity index (χ3n) is 3.04. The first kappa shape index (κ1) is 15.4. The molecule has 2 rings (SSSR count). The molecule has 0 saturated heterocycles. The van der Waals surface area contributed by atoms with Gasteiger partial charge in [0.05, 0.1) is 6.61 Å². The van der Waals surface area contributed by atoms with Gasteiger partial charge in [-0.3, -0.25) is 4.79 Å². The number of carbonyl (C=O) groups is 1. The Hall–Kier alpha value is -2.00. The Kier molecular flexibility index (Phi) is 5.23. The highest BCUT2D eigenvalue weighted by molar-refractivity contribution is 6.31. The van der Waals surface area contributed by atoms with E-state index >= 15 is 0 Å². The number of aryl methyl sites for hydroxylation is 1. The molecule has 0 aliphatic carbocycles. The summed E-state index contributed by atoms with van der Waals surface area (Å²) in [7, 11) is 0. The van der Waals surface area contributed by atoms with E-state index in [1.165, 1.54) is 0 Å². The maximum absolute atomic E-state index is 12.2. The largest absolute Gasteiger partial charge is 0.494 e. The van der Waals surface area contributed by atoms with E-state index in [9.17, 15) is 4.79 Å². The third kappa shape index (κ3) is 4.23. The van der Waals surface area contributed by atoms with Crippen molar-refractivity contribution in [1.29, 1.82) is 0 Å². The first-order chi connectivity index (χ1) is 10.1. The second-order valence-electron chi connectivity index (χ2n) is 4.79. The molecule has 0 aliphatic rings. The topological polar surface area (TPSA) is 38.3 Å². The molecule has 0 spiro atoms. The lowest BCUT2D eigenvalue weighted by Gasteiger charge is -2.09. The van der Waals surface area contributed by atoms with Gasteiger partial charge in [-0.15, -0.1) is 0 Å². The minimum absolute atomic E-state index is 0.164. The zero-order valence-electron chi connectivity index (χ0n) is 12.2. The highest BCUT2D eigenvalue weighted by atomic mass is 35.5. The van der Waals surface area contributed by atoms with Gasteiger partial charge in [0.1, 0.15) is 5.75 Å². The Morgan fingerprint density at radius 3 is 2.57 bits per heavy atom. The molecule has 0 heterocycles. The number of anilines is 1. The zero-order valence-corrected chi connectivity index (χ0v) is 12.9. The predicted octanol–water partition coefficient (Wildman–Crippen LogP) is 4.69. The fraction of sp³-hybridized carbons (Fsp3) is 0.235. The van der Waals surface area contributed by atoms with Crippen LogP contribution in [0.3, 0.4) is 0 Å². The van der Waals surface area contributed by atoms with Crippen LogP contribution in [0, 0.1) is 6.92 Å². The predicted molar refractivity (Wildman–Crippen MR) is 86.4 cm³/mol. The summed E-state index contributed by atoms with van der Waals surface area (Å²) in [4.78, 5) is 12.2. The van der Waals surface area contributed by atoms with Gasteiger partial charge in [0, 0.05) is 16.3 Å². The van der Waals surface area contributed by atoms with E-state index in [1.807, 2.05) is 13.0 Å². The molecule has 4 heteroatoms. The summed E-state index contributed by atoms with van der Waals surface area (Å²) in [5, 5.41) is 3.46. The number of hydrogen-bond donors (Lipinski definition) is 1. The van der Waals surface area contributed by atoms with Crippen molar-refractivity contribution in [3.8, 4) is 5.75 Å². The van der Waals surface area contributed by atoms with E-state index in [1.54, 1.807) is 36.4 Å². The number of hydrogen-bond acceptors (Lipinski definition) is 2. The Labute approximate surface area is 129 Å². The van der Waals surface area contributed by atoms with Crippen LogP contribution in [-0.4, -0.2) is 12.5 Å². The van der Waals surface area contributed by atoms with Crippen LogP contribution in [0.4, 0.5) is 5.69 Å². The molecule has 3 nitrogen and oxygen atoms in total. The molecule has 0 unspecified atom stereocenters. The lowest BCUT2D eigenvalue weighted by Crippen LogP contribution is -2.12. The third-order valence-corrected chi connectivity index (χ3v) is 3.27. The van der Waals surface area contributed by atoms with Crippen molar-refractivity contribution >= 4 is 23.2 Å². The molecule has 0 fully saturated rings. The highest BCUT2D eigenvalue weighted by Gasteiger charge is 2.08. The summed E-state index contributed by atoms with van der Waals surface area (Å²) >= 11 is 5.95. The first-order valence-electron chi connectivity index (χ1n) is 6.90. The number of ether oxygens (including phenoxy) is 1. The van der Waals surface area contributed by atoms with Gasteiger partial charge < -0.3 is 10.1 Å². The molecule has 2 aromatic rings. The fourth-order valence-corrected chi connectivity index (χ4v) is 2.02. The van der Waals surface area contributed by atoms with Crippen LogP contribution < -0.4 is 10.1 Å². The summed E-state index contributed by atoms with van der Waals surface area (Å²) in [5.74, 6) is 0.606. The van der Waals surface area contributed by atoms with Crippen molar-refractivity contribution in [3.63, 3.8) is 0 Å². The minimum atomic E-state index is -0.164. The zero-order chi connectivity index (χ0) is 15.2. The first-order valence-corrected chi connectivity index (χ1v) is 7.28. The van der Waals surface area contributed by atoms with Crippen LogP contribution in [0.2, 0.25) is 5.02 Å². The van der Waals surface area contributed by atoms with Gasteiger partial charge in [-0.05, 0) is 55.3 Å². The highest BCUT2D eigenvalue weighted by Crippen LogP contribution is 2.21. The maximum atomic E-state index is 12.2. The summed E-state index contributed by atoms with van der Waals surface area (Å²) in [6.45, 7) is 4.65. The second kappa shape index (κ2) is 7.14. The lowest BCUT2D eigenvalue weighted by atomic mass is 10.1. The maximum Gasteiger partial charge on any atom is 0.255 e. The average molecular weight is 304 g/mol. The van der Waals surface area contributed by atoms with Crippen molar-refractivity contribution < 1.29 is 9.53 Å². The molecule has 0 saturated carbocycles. The number of amides is 1. The van der Waals surface area contributed by atoms with Crippen LogP contribution >= 0.6 is 11.6 Å². The number of nitrogens with one attached hydrogen (secondary N) is 1. The van der Waals surface area contributed by atoms with Crippen molar-refractivity contribution in [3.05, 3.63) is 58.6 Å². The molecule has 0 aliphatic heterocycles. The minimum Gasteiger partial charge on any atom is -0.494 e. The number of halogens is 1. The molecule has 0 atom stereocenters. The van der Waals surface area contributed by atoms with Crippen molar-refractivity contribution in [2.45, 2.75) is 20.3 Å². The van der Waals surface area contributed by atoms with Crippen molar-refractivity contribution in [2.24, 2.45) is 0 Å². The average Bonchev–Trinajstić information content (AvgIpc) is 2.49. The number of rotatable bonds is 5. The molecule has 2 aromatic carbocycles. The summed E-state index contributed by atoms with van der Waals surface area (Å²) in [6, 6.07) is 12.5. The normalized spacial score (nSPS) is 10.2. The van der Waals surface area contributed by atoms with E-state index in [2.05, 4.69) is 12.2 Å².